The lowest BCUT2D eigenvalue weighted by Gasteiger charge is -2.26. The second-order valence-electron chi connectivity index (χ2n) is 4.47. The van der Waals surface area contributed by atoms with E-state index in [1.807, 2.05) is 19.9 Å². The molecule has 1 aromatic rings. The molecule has 0 unspecified atom stereocenters. The number of carbonyl (C=O) groups excluding carboxylic acids is 1. The Labute approximate surface area is 121 Å². The van der Waals surface area contributed by atoms with Gasteiger partial charge in [0.1, 0.15) is 6.61 Å². The summed E-state index contributed by atoms with van der Waals surface area (Å²) >= 11 is 3.34. The Bertz CT molecular complexity index is 483. The first-order chi connectivity index (χ1) is 8.94. The van der Waals surface area contributed by atoms with Crippen molar-refractivity contribution in [3.05, 3.63) is 22.8 Å². The van der Waals surface area contributed by atoms with Crippen LogP contribution in [0.5, 0.6) is 5.88 Å². The number of carbonyl (C=O) groups is 1. The quantitative estimate of drug-likeness (QED) is 0.813. The van der Waals surface area contributed by atoms with E-state index < -0.39 is 5.54 Å². The molecule has 0 aliphatic carbocycles. The Hall–Kier alpha value is -1.74. The predicted octanol–water partition coefficient (Wildman–Crippen LogP) is 1.93. The molecule has 0 fully saturated rings. The van der Waals surface area contributed by atoms with Crippen molar-refractivity contribution in [3.63, 3.8) is 0 Å². The summed E-state index contributed by atoms with van der Waals surface area (Å²) < 4.78 is 6.33. The molecule has 1 heterocycles. The second-order valence-corrected chi connectivity index (χ2v) is 5.33. The van der Waals surface area contributed by atoms with Crippen LogP contribution in [0.2, 0.25) is 0 Å². The first kappa shape index (κ1) is 15.3. The summed E-state index contributed by atoms with van der Waals surface area (Å²) in [7, 11) is 0. The van der Waals surface area contributed by atoms with Gasteiger partial charge in [0, 0.05) is 6.20 Å². The van der Waals surface area contributed by atoms with Crippen LogP contribution in [-0.2, 0) is 0 Å². The Morgan fingerprint density at radius 3 is 3.00 bits per heavy atom. The summed E-state index contributed by atoms with van der Waals surface area (Å²) in [5, 5.41) is 5.30. The number of nitrogens with one attached hydrogen (secondary N) is 2. The molecule has 102 valence electrons. The van der Waals surface area contributed by atoms with Crippen molar-refractivity contribution < 1.29 is 9.53 Å². The van der Waals surface area contributed by atoms with Gasteiger partial charge in [0.25, 0.3) is 0 Å². The highest BCUT2D eigenvalue weighted by Gasteiger charge is 2.21. The average molecular weight is 326 g/mol. The molecule has 6 heteroatoms. The van der Waals surface area contributed by atoms with Gasteiger partial charge in [0.15, 0.2) is 0 Å². The van der Waals surface area contributed by atoms with Gasteiger partial charge in [0.05, 0.1) is 16.6 Å². The van der Waals surface area contributed by atoms with Gasteiger partial charge < -0.3 is 15.4 Å². The number of nitrogens with zero attached hydrogens (tertiary/aromatic N) is 1. The number of rotatable bonds is 5. The van der Waals surface area contributed by atoms with Gasteiger partial charge in [-0.1, -0.05) is 5.92 Å². The molecule has 2 N–H and O–H groups in total. The van der Waals surface area contributed by atoms with Crippen molar-refractivity contribution in [2.75, 3.05) is 13.2 Å². The van der Waals surface area contributed by atoms with E-state index in [1.54, 1.807) is 12.3 Å². The molecule has 19 heavy (non-hydrogen) atoms. The Kier molecular flexibility index (Phi) is 5.64. The third kappa shape index (κ3) is 5.62. The normalized spacial score (nSPS) is 10.4. The number of urea groups is 1. The van der Waals surface area contributed by atoms with E-state index >= 15 is 0 Å². The molecule has 5 nitrogen and oxygen atoms in total. The van der Waals surface area contributed by atoms with E-state index in [4.69, 9.17) is 11.2 Å². The zero-order valence-corrected chi connectivity index (χ0v) is 12.5. The molecule has 0 aliphatic heterocycles. The van der Waals surface area contributed by atoms with Crippen molar-refractivity contribution in [2.24, 2.45) is 0 Å². The highest BCUT2D eigenvalue weighted by Crippen LogP contribution is 2.21. The SMILES string of the molecule is C#CCNC(=O)NC(C)(C)COc1ncccc1Br. The fraction of sp³-hybridized carbons (Fsp3) is 0.385. The maximum atomic E-state index is 11.5. The highest BCUT2D eigenvalue weighted by molar-refractivity contribution is 9.10. The number of terminal acetylenes is 1. The minimum atomic E-state index is -0.546. The van der Waals surface area contributed by atoms with Gasteiger partial charge in [-0.05, 0) is 41.9 Å². The topological polar surface area (TPSA) is 63.2 Å². The van der Waals surface area contributed by atoms with Crippen molar-refractivity contribution in [2.45, 2.75) is 19.4 Å². The number of hydrogen-bond acceptors (Lipinski definition) is 3. The van der Waals surface area contributed by atoms with Gasteiger partial charge in [-0.3, -0.25) is 0 Å². The van der Waals surface area contributed by atoms with Crippen LogP contribution in [0.15, 0.2) is 22.8 Å². The van der Waals surface area contributed by atoms with Crippen LogP contribution in [0, 0.1) is 12.3 Å². The second kappa shape index (κ2) is 7.00. The third-order valence-corrected chi connectivity index (χ3v) is 2.70. The molecule has 0 radical (unpaired) electrons. The molecule has 1 rings (SSSR count). The molecule has 0 saturated carbocycles. The van der Waals surface area contributed by atoms with Crippen LogP contribution in [0.4, 0.5) is 4.79 Å². The van der Waals surface area contributed by atoms with E-state index in [9.17, 15) is 4.79 Å². The fourth-order valence-electron chi connectivity index (χ4n) is 1.25. The molecule has 0 saturated heterocycles. The molecule has 0 aliphatic rings. The van der Waals surface area contributed by atoms with Crippen LogP contribution in [0.1, 0.15) is 13.8 Å². The number of hydrogen-bond donors (Lipinski definition) is 2. The first-order valence-electron chi connectivity index (χ1n) is 5.67. The van der Waals surface area contributed by atoms with Crippen LogP contribution < -0.4 is 15.4 Å². The molecule has 0 aromatic carbocycles. The van der Waals surface area contributed by atoms with Gasteiger partial charge in [-0.15, -0.1) is 6.42 Å². The van der Waals surface area contributed by atoms with Crippen LogP contribution in [0.3, 0.4) is 0 Å². The van der Waals surface area contributed by atoms with Gasteiger partial charge in [0.2, 0.25) is 5.88 Å². The molecule has 1 aromatic heterocycles. The summed E-state index contributed by atoms with van der Waals surface area (Å²) in [4.78, 5) is 15.6. The van der Waals surface area contributed by atoms with Crippen LogP contribution in [0.25, 0.3) is 0 Å². The molecular formula is C13H16BrN3O2. The summed E-state index contributed by atoms with van der Waals surface area (Å²) in [6.07, 6.45) is 6.70. The summed E-state index contributed by atoms with van der Waals surface area (Å²) in [5.41, 5.74) is -0.546. The molecule has 2 amide bonds. The summed E-state index contributed by atoms with van der Waals surface area (Å²) in [6, 6.07) is 3.31. The van der Waals surface area contributed by atoms with Crippen molar-refractivity contribution in [1.82, 2.24) is 15.6 Å². The van der Waals surface area contributed by atoms with Crippen LogP contribution >= 0.6 is 15.9 Å². The zero-order valence-electron chi connectivity index (χ0n) is 10.9. The number of halogens is 1. The minimum absolute atomic E-state index is 0.189. The van der Waals surface area contributed by atoms with Crippen molar-refractivity contribution in [3.8, 4) is 18.2 Å². The van der Waals surface area contributed by atoms with E-state index in [1.165, 1.54) is 0 Å². The Balaban J connectivity index is 2.49. The lowest BCUT2D eigenvalue weighted by atomic mass is 10.1. The minimum Gasteiger partial charge on any atom is -0.474 e. The summed E-state index contributed by atoms with van der Waals surface area (Å²) in [5.74, 6) is 2.82. The maximum Gasteiger partial charge on any atom is 0.316 e. The maximum absolute atomic E-state index is 11.5. The smallest absolute Gasteiger partial charge is 0.316 e. The van der Waals surface area contributed by atoms with E-state index in [-0.39, 0.29) is 19.2 Å². The predicted molar refractivity (Wildman–Crippen MR) is 76.9 cm³/mol. The zero-order chi connectivity index (χ0) is 14.3. The van der Waals surface area contributed by atoms with Gasteiger partial charge >= 0.3 is 6.03 Å². The standard InChI is InChI=1S/C13H16BrN3O2/c1-4-7-16-12(18)17-13(2,3)9-19-11-10(14)6-5-8-15-11/h1,5-6,8H,7,9H2,2-3H3,(H2,16,17,18). The van der Waals surface area contributed by atoms with E-state index in [0.717, 1.165) is 4.47 Å². The first-order valence-corrected chi connectivity index (χ1v) is 6.47. The Morgan fingerprint density at radius 2 is 2.37 bits per heavy atom. The number of aromatic nitrogens is 1. The number of amides is 2. The summed E-state index contributed by atoms with van der Waals surface area (Å²) in [6.45, 7) is 4.17. The van der Waals surface area contributed by atoms with Gasteiger partial charge in [-0.25, -0.2) is 9.78 Å². The largest absolute Gasteiger partial charge is 0.474 e. The average Bonchev–Trinajstić information content (AvgIpc) is 2.35. The lowest BCUT2D eigenvalue weighted by molar-refractivity contribution is 0.191. The van der Waals surface area contributed by atoms with Crippen molar-refractivity contribution >= 4 is 22.0 Å². The number of ether oxygens (including phenoxy) is 1. The monoisotopic (exact) mass is 325 g/mol. The fourth-order valence-corrected chi connectivity index (χ4v) is 1.61. The number of pyridine rings is 1. The Morgan fingerprint density at radius 1 is 1.63 bits per heavy atom. The molecule has 0 bridgehead atoms. The highest BCUT2D eigenvalue weighted by atomic mass is 79.9. The van der Waals surface area contributed by atoms with Crippen LogP contribution in [-0.4, -0.2) is 29.7 Å². The molecule has 0 atom stereocenters. The van der Waals surface area contributed by atoms with Gasteiger partial charge in [-0.2, -0.15) is 0 Å². The molecular weight excluding hydrogens is 310 g/mol. The van der Waals surface area contributed by atoms with Crippen molar-refractivity contribution in [1.29, 1.82) is 0 Å². The third-order valence-electron chi connectivity index (χ3n) is 2.10. The van der Waals surface area contributed by atoms with E-state index in [2.05, 4.69) is 37.5 Å². The molecule has 0 spiro atoms. The lowest BCUT2D eigenvalue weighted by Crippen LogP contribution is -2.51. The van der Waals surface area contributed by atoms with E-state index in [0.29, 0.717) is 5.88 Å².